The van der Waals surface area contributed by atoms with Crippen molar-refractivity contribution in [3.63, 3.8) is 0 Å². The summed E-state index contributed by atoms with van der Waals surface area (Å²) in [6, 6.07) is 3.56. The Hall–Kier alpha value is -2.41. The molecule has 3 heterocycles. The summed E-state index contributed by atoms with van der Waals surface area (Å²) < 4.78 is 6.89. The SMILES string of the molecule is O=C(C=Cc1ccco1)NCCc1csc2ncnn12. The number of thiazole rings is 1. The van der Waals surface area contributed by atoms with Gasteiger partial charge in [-0.05, 0) is 18.2 Å². The zero-order valence-corrected chi connectivity index (χ0v) is 11.3. The lowest BCUT2D eigenvalue weighted by Crippen LogP contribution is -2.23. The molecule has 7 heteroatoms. The van der Waals surface area contributed by atoms with Gasteiger partial charge in [0, 0.05) is 24.4 Å². The van der Waals surface area contributed by atoms with Crippen LogP contribution in [0.25, 0.3) is 11.0 Å². The van der Waals surface area contributed by atoms with Crippen LogP contribution in [-0.4, -0.2) is 27.0 Å². The lowest BCUT2D eigenvalue weighted by Gasteiger charge is -2.00. The highest BCUT2D eigenvalue weighted by molar-refractivity contribution is 7.15. The minimum absolute atomic E-state index is 0.147. The first-order valence-electron chi connectivity index (χ1n) is 6.08. The molecule has 0 aliphatic rings. The summed E-state index contributed by atoms with van der Waals surface area (Å²) in [6.07, 6.45) is 6.90. The third-order valence-corrected chi connectivity index (χ3v) is 3.59. The van der Waals surface area contributed by atoms with Crippen molar-refractivity contribution in [2.45, 2.75) is 6.42 Å². The predicted octanol–water partition coefficient (Wildman–Crippen LogP) is 1.76. The summed E-state index contributed by atoms with van der Waals surface area (Å²) in [5.74, 6) is 0.508. The predicted molar refractivity (Wildman–Crippen MR) is 75.3 cm³/mol. The lowest BCUT2D eigenvalue weighted by molar-refractivity contribution is -0.116. The van der Waals surface area contributed by atoms with E-state index in [1.165, 1.54) is 23.7 Å². The molecule has 0 saturated heterocycles. The number of carbonyl (C=O) groups excluding carboxylic acids is 1. The molecule has 102 valence electrons. The van der Waals surface area contributed by atoms with Gasteiger partial charge in [-0.1, -0.05) is 0 Å². The molecule has 3 aromatic rings. The van der Waals surface area contributed by atoms with Crippen molar-refractivity contribution in [3.05, 3.63) is 47.6 Å². The summed E-state index contributed by atoms with van der Waals surface area (Å²) in [5.41, 5.74) is 1.04. The van der Waals surface area contributed by atoms with E-state index in [4.69, 9.17) is 4.42 Å². The van der Waals surface area contributed by atoms with Crippen LogP contribution in [0.2, 0.25) is 0 Å². The van der Waals surface area contributed by atoms with E-state index in [0.717, 1.165) is 10.7 Å². The molecule has 0 aromatic carbocycles. The molecule has 0 bridgehead atoms. The molecule has 3 aromatic heterocycles. The molecule has 0 spiro atoms. The van der Waals surface area contributed by atoms with Gasteiger partial charge >= 0.3 is 0 Å². The topological polar surface area (TPSA) is 72.4 Å². The molecule has 1 N–H and O–H groups in total. The quantitative estimate of drug-likeness (QED) is 0.726. The molecule has 0 radical (unpaired) electrons. The Morgan fingerprint density at radius 3 is 3.35 bits per heavy atom. The third-order valence-electron chi connectivity index (χ3n) is 2.71. The summed E-state index contributed by atoms with van der Waals surface area (Å²) in [7, 11) is 0. The van der Waals surface area contributed by atoms with Gasteiger partial charge in [0.25, 0.3) is 0 Å². The molecular formula is C13H12N4O2S. The van der Waals surface area contributed by atoms with Gasteiger partial charge < -0.3 is 9.73 Å². The van der Waals surface area contributed by atoms with Crippen LogP contribution in [0.1, 0.15) is 11.5 Å². The van der Waals surface area contributed by atoms with Crippen LogP contribution in [0, 0.1) is 0 Å². The van der Waals surface area contributed by atoms with Crippen LogP contribution in [0.5, 0.6) is 0 Å². The van der Waals surface area contributed by atoms with E-state index in [-0.39, 0.29) is 5.91 Å². The molecule has 3 rings (SSSR count). The number of hydrogen-bond donors (Lipinski definition) is 1. The van der Waals surface area contributed by atoms with Crippen LogP contribution in [-0.2, 0) is 11.2 Å². The molecule has 0 fully saturated rings. The van der Waals surface area contributed by atoms with Crippen molar-refractivity contribution >= 4 is 28.3 Å². The highest BCUT2D eigenvalue weighted by atomic mass is 32.1. The monoisotopic (exact) mass is 288 g/mol. The van der Waals surface area contributed by atoms with Crippen molar-refractivity contribution in [1.82, 2.24) is 19.9 Å². The van der Waals surface area contributed by atoms with Crippen molar-refractivity contribution in [2.24, 2.45) is 0 Å². The van der Waals surface area contributed by atoms with Gasteiger partial charge in [-0.3, -0.25) is 4.79 Å². The number of nitrogens with zero attached hydrogens (tertiary/aromatic N) is 3. The first-order valence-corrected chi connectivity index (χ1v) is 6.96. The Kier molecular flexibility index (Phi) is 3.60. The van der Waals surface area contributed by atoms with Crippen molar-refractivity contribution in [1.29, 1.82) is 0 Å². The summed E-state index contributed by atoms with van der Waals surface area (Å²) in [6.45, 7) is 0.549. The first kappa shape index (κ1) is 12.6. The number of hydrogen-bond acceptors (Lipinski definition) is 5. The van der Waals surface area contributed by atoms with Gasteiger partial charge in [-0.15, -0.1) is 11.3 Å². The highest BCUT2D eigenvalue weighted by Crippen LogP contribution is 2.12. The number of carbonyl (C=O) groups is 1. The Bertz CT molecular complexity index is 727. The van der Waals surface area contributed by atoms with Gasteiger partial charge in [0.2, 0.25) is 10.9 Å². The maximum atomic E-state index is 11.6. The standard InChI is InChI=1S/C13H12N4O2S/c18-12(4-3-11-2-1-7-19-11)14-6-5-10-8-20-13-15-9-16-17(10)13/h1-4,7-9H,5-6H2,(H,14,18). The second-order valence-corrected chi connectivity index (χ2v) is 4.91. The maximum absolute atomic E-state index is 11.6. The van der Waals surface area contributed by atoms with Gasteiger partial charge in [-0.25, -0.2) is 9.50 Å². The molecule has 6 nitrogen and oxygen atoms in total. The van der Waals surface area contributed by atoms with E-state index in [2.05, 4.69) is 15.4 Å². The van der Waals surface area contributed by atoms with E-state index < -0.39 is 0 Å². The van der Waals surface area contributed by atoms with Gasteiger partial charge in [0.1, 0.15) is 12.1 Å². The summed E-state index contributed by atoms with van der Waals surface area (Å²) in [4.78, 5) is 16.6. The number of aromatic nitrogens is 3. The van der Waals surface area contributed by atoms with Crippen molar-refractivity contribution in [3.8, 4) is 0 Å². The first-order chi connectivity index (χ1) is 9.83. The zero-order valence-electron chi connectivity index (χ0n) is 10.5. The Balaban J connectivity index is 1.50. The molecule has 20 heavy (non-hydrogen) atoms. The number of rotatable bonds is 5. The lowest BCUT2D eigenvalue weighted by atomic mass is 10.3. The Labute approximate surface area is 118 Å². The maximum Gasteiger partial charge on any atom is 0.244 e. The average Bonchev–Trinajstić information content (AvgIpc) is 3.15. The van der Waals surface area contributed by atoms with Crippen molar-refractivity contribution < 1.29 is 9.21 Å². The van der Waals surface area contributed by atoms with Crippen LogP contribution >= 0.6 is 11.3 Å². The van der Waals surface area contributed by atoms with Crippen LogP contribution in [0.3, 0.4) is 0 Å². The smallest absolute Gasteiger partial charge is 0.244 e. The fraction of sp³-hybridized carbons (Fsp3) is 0.154. The average molecular weight is 288 g/mol. The van der Waals surface area contributed by atoms with Crippen LogP contribution in [0.15, 0.2) is 40.6 Å². The number of fused-ring (bicyclic) bond motifs is 1. The number of amides is 1. The van der Waals surface area contributed by atoms with E-state index in [9.17, 15) is 4.79 Å². The number of nitrogens with one attached hydrogen (secondary N) is 1. The van der Waals surface area contributed by atoms with Gasteiger partial charge in [-0.2, -0.15) is 5.10 Å². The van der Waals surface area contributed by atoms with Gasteiger partial charge in [0.05, 0.1) is 12.0 Å². The fourth-order valence-corrected chi connectivity index (χ4v) is 2.59. The second-order valence-electron chi connectivity index (χ2n) is 4.07. The van der Waals surface area contributed by atoms with Gasteiger partial charge in [0.15, 0.2) is 0 Å². The molecule has 0 unspecified atom stereocenters. The molecule has 0 atom stereocenters. The molecule has 1 amide bonds. The minimum Gasteiger partial charge on any atom is -0.465 e. The Morgan fingerprint density at radius 1 is 1.55 bits per heavy atom. The molecular weight excluding hydrogens is 276 g/mol. The van der Waals surface area contributed by atoms with Crippen molar-refractivity contribution in [2.75, 3.05) is 6.54 Å². The van der Waals surface area contributed by atoms with Crippen LogP contribution in [0.4, 0.5) is 0 Å². The van der Waals surface area contributed by atoms with E-state index in [1.807, 2.05) is 5.38 Å². The normalized spacial score (nSPS) is 11.4. The van der Waals surface area contributed by atoms with E-state index >= 15 is 0 Å². The summed E-state index contributed by atoms with van der Waals surface area (Å²) in [5, 5.41) is 8.94. The Morgan fingerprint density at radius 2 is 2.50 bits per heavy atom. The third kappa shape index (κ3) is 2.77. The highest BCUT2D eigenvalue weighted by Gasteiger charge is 2.05. The zero-order chi connectivity index (χ0) is 13.8. The van der Waals surface area contributed by atoms with Crippen LogP contribution < -0.4 is 5.32 Å². The molecule has 0 aliphatic carbocycles. The second kappa shape index (κ2) is 5.70. The minimum atomic E-state index is -0.147. The van der Waals surface area contributed by atoms with E-state index in [0.29, 0.717) is 18.7 Å². The molecule has 0 aliphatic heterocycles. The number of furan rings is 1. The van der Waals surface area contributed by atoms with E-state index in [1.54, 1.807) is 29.0 Å². The fourth-order valence-electron chi connectivity index (χ4n) is 1.76. The molecule has 0 saturated carbocycles. The summed E-state index contributed by atoms with van der Waals surface area (Å²) >= 11 is 1.54. The largest absolute Gasteiger partial charge is 0.465 e.